The fourth-order valence-corrected chi connectivity index (χ4v) is 3.09. The maximum atomic E-state index is 6.23. The second-order valence-corrected chi connectivity index (χ2v) is 7.49. The van der Waals surface area contributed by atoms with Crippen LogP contribution in [0.4, 0.5) is 0 Å². The molecule has 0 fully saturated rings. The van der Waals surface area contributed by atoms with Crippen LogP contribution in [0.2, 0.25) is 0 Å². The first-order chi connectivity index (χ1) is 10.0. The highest BCUT2D eigenvalue weighted by atomic mass is 79.9. The minimum Gasteiger partial charge on any atom is -0.327 e. The van der Waals surface area contributed by atoms with Gasteiger partial charge in [0.15, 0.2) is 0 Å². The monoisotopic (exact) mass is 368 g/mol. The molecule has 0 radical (unpaired) electrons. The maximum absolute atomic E-state index is 6.23. The largest absolute Gasteiger partial charge is 0.327 e. The lowest BCUT2D eigenvalue weighted by atomic mass is 10.2. The zero-order valence-electron chi connectivity index (χ0n) is 12.4. The van der Waals surface area contributed by atoms with Gasteiger partial charge in [-0.15, -0.1) is 11.8 Å². The molecule has 2 N–H and O–H groups in total. The van der Waals surface area contributed by atoms with E-state index in [0.29, 0.717) is 5.92 Å². The van der Waals surface area contributed by atoms with Crippen LogP contribution in [0.15, 0.2) is 40.0 Å². The zero-order valence-corrected chi connectivity index (χ0v) is 14.8. The number of hydrogen-bond acceptors (Lipinski definition) is 4. The lowest BCUT2D eigenvalue weighted by molar-refractivity contribution is 0.461. The van der Waals surface area contributed by atoms with Crippen LogP contribution in [0, 0.1) is 5.92 Å². The Bertz CT molecular complexity index is 553. The summed E-state index contributed by atoms with van der Waals surface area (Å²) in [4.78, 5) is 5.57. The van der Waals surface area contributed by atoms with E-state index in [1.165, 1.54) is 4.90 Å². The number of nitrogens with zero attached hydrogens (tertiary/aromatic N) is 3. The van der Waals surface area contributed by atoms with Crippen LogP contribution in [0.3, 0.4) is 0 Å². The lowest BCUT2D eigenvalue weighted by Gasteiger charge is -2.13. The topological polar surface area (TPSA) is 56.7 Å². The molecule has 0 aliphatic heterocycles. The van der Waals surface area contributed by atoms with Gasteiger partial charge in [0.1, 0.15) is 12.2 Å². The molecule has 6 heteroatoms. The predicted octanol–water partition coefficient (Wildman–Crippen LogP) is 3.36. The summed E-state index contributed by atoms with van der Waals surface area (Å²) in [6, 6.07) is 8.37. The van der Waals surface area contributed by atoms with Crippen molar-refractivity contribution in [2.75, 3.05) is 5.75 Å². The summed E-state index contributed by atoms with van der Waals surface area (Å²) in [6.07, 6.45) is 2.38. The first-order valence-electron chi connectivity index (χ1n) is 7.05. The van der Waals surface area contributed by atoms with Crippen LogP contribution in [0.1, 0.15) is 19.7 Å². The SMILES string of the molecule is CC(C)Cn1ncnc1CC(N)CSc1ccc(Br)cc1. The molecular weight excluding hydrogens is 348 g/mol. The van der Waals surface area contributed by atoms with Crippen LogP contribution in [-0.4, -0.2) is 26.6 Å². The minimum atomic E-state index is 0.0776. The third-order valence-electron chi connectivity index (χ3n) is 2.96. The summed E-state index contributed by atoms with van der Waals surface area (Å²) in [5.41, 5.74) is 6.23. The van der Waals surface area contributed by atoms with E-state index in [-0.39, 0.29) is 6.04 Å². The Labute approximate surface area is 138 Å². The quantitative estimate of drug-likeness (QED) is 0.761. The van der Waals surface area contributed by atoms with Crippen molar-refractivity contribution in [1.29, 1.82) is 0 Å². The molecule has 1 unspecified atom stereocenters. The van der Waals surface area contributed by atoms with Crippen molar-refractivity contribution >= 4 is 27.7 Å². The van der Waals surface area contributed by atoms with Gasteiger partial charge < -0.3 is 5.73 Å². The van der Waals surface area contributed by atoms with Gasteiger partial charge in [0.25, 0.3) is 0 Å². The molecule has 1 aromatic heterocycles. The van der Waals surface area contributed by atoms with Crippen LogP contribution < -0.4 is 5.73 Å². The number of hydrogen-bond donors (Lipinski definition) is 1. The third-order valence-corrected chi connectivity index (χ3v) is 4.69. The van der Waals surface area contributed by atoms with Crippen LogP contribution in [-0.2, 0) is 13.0 Å². The molecule has 0 spiro atoms. The van der Waals surface area contributed by atoms with Crippen LogP contribution >= 0.6 is 27.7 Å². The van der Waals surface area contributed by atoms with E-state index in [2.05, 4.69) is 52.0 Å². The summed E-state index contributed by atoms with van der Waals surface area (Å²) in [6.45, 7) is 5.24. The first kappa shape index (κ1) is 16.5. The number of aromatic nitrogens is 3. The average molecular weight is 369 g/mol. The highest BCUT2D eigenvalue weighted by Crippen LogP contribution is 2.21. The molecule has 0 aliphatic carbocycles. The number of thioether (sulfide) groups is 1. The second kappa shape index (κ2) is 7.96. The summed E-state index contributed by atoms with van der Waals surface area (Å²) in [5.74, 6) is 2.40. The molecule has 0 aliphatic rings. The van der Waals surface area contributed by atoms with Gasteiger partial charge >= 0.3 is 0 Å². The normalized spacial score (nSPS) is 12.8. The van der Waals surface area contributed by atoms with E-state index in [1.807, 2.05) is 16.8 Å². The molecule has 1 aromatic carbocycles. The molecule has 0 bridgehead atoms. The van der Waals surface area contributed by atoms with Crippen molar-refractivity contribution in [3.63, 3.8) is 0 Å². The van der Waals surface area contributed by atoms with Crippen molar-refractivity contribution in [2.24, 2.45) is 11.7 Å². The average Bonchev–Trinajstić information content (AvgIpc) is 2.84. The molecule has 114 valence electrons. The standard InChI is InChI=1S/C15H21BrN4S/c1-11(2)8-20-15(18-10-19-20)7-13(17)9-21-14-5-3-12(16)4-6-14/h3-6,10-11,13H,7-9,17H2,1-2H3. The molecule has 2 rings (SSSR count). The fraction of sp³-hybridized carbons (Fsp3) is 0.467. The molecule has 2 aromatic rings. The highest BCUT2D eigenvalue weighted by Gasteiger charge is 2.11. The Morgan fingerprint density at radius 3 is 2.67 bits per heavy atom. The molecule has 4 nitrogen and oxygen atoms in total. The van der Waals surface area contributed by atoms with Gasteiger partial charge in [-0.05, 0) is 30.2 Å². The summed E-state index contributed by atoms with van der Waals surface area (Å²) in [5, 5.41) is 4.28. The van der Waals surface area contributed by atoms with E-state index in [9.17, 15) is 0 Å². The van der Waals surface area contributed by atoms with E-state index in [1.54, 1.807) is 18.1 Å². The summed E-state index contributed by atoms with van der Waals surface area (Å²) in [7, 11) is 0. The van der Waals surface area contributed by atoms with E-state index in [4.69, 9.17) is 5.73 Å². The second-order valence-electron chi connectivity index (χ2n) is 5.48. The van der Waals surface area contributed by atoms with Gasteiger partial charge in [-0.3, -0.25) is 0 Å². The number of benzene rings is 1. The molecule has 0 saturated heterocycles. The van der Waals surface area contributed by atoms with Gasteiger partial charge in [-0.25, -0.2) is 9.67 Å². The van der Waals surface area contributed by atoms with Gasteiger partial charge in [0.05, 0.1) is 0 Å². The van der Waals surface area contributed by atoms with Gasteiger partial charge in [-0.2, -0.15) is 5.10 Å². The lowest BCUT2D eigenvalue weighted by Crippen LogP contribution is -2.27. The Hall–Kier alpha value is -0.850. The third kappa shape index (κ3) is 5.45. The van der Waals surface area contributed by atoms with Gasteiger partial charge in [0, 0.05) is 34.1 Å². The smallest absolute Gasteiger partial charge is 0.138 e. The van der Waals surface area contributed by atoms with E-state index in [0.717, 1.165) is 29.0 Å². The highest BCUT2D eigenvalue weighted by molar-refractivity contribution is 9.10. The fourth-order valence-electron chi connectivity index (χ4n) is 1.97. The molecule has 0 saturated carbocycles. The van der Waals surface area contributed by atoms with Crippen molar-refractivity contribution < 1.29 is 0 Å². The molecule has 1 heterocycles. The Kier molecular flexibility index (Phi) is 6.26. The van der Waals surface area contributed by atoms with Crippen LogP contribution in [0.25, 0.3) is 0 Å². The molecule has 21 heavy (non-hydrogen) atoms. The van der Waals surface area contributed by atoms with E-state index >= 15 is 0 Å². The van der Waals surface area contributed by atoms with Gasteiger partial charge in [-0.1, -0.05) is 29.8 Å². The summed E-state index contributed by atoms with van der Waals surface area (Å²) >= 11 is 5.22. The predicted molar refractivity (Wildman–Crippen MR) is 91.4 cm³/mol. The summed E-state index contributed by atoms with van der Waals surface area (Å²) < 4.78 is 3.06. The van der Waals surface area contributed by atoms with E-state index < -0.39 is 0 Å². The molecule has 0 amide bonds. The number of halogens is 1. The molecular formula is C15H21BrN4S. The maximum Gasteiger partial charge on any atom is 0.138 e. The van der Waals surface area contributed by atoms with Crippen molar-refractivity contribution in [1.82, 2.24) is 14.8 Å². The Balaban J connectivity index is 1.85. The Morgan fingerprint density at radius 1 is 1.29 bits per heavy atom. The minimum absolute atomic E-state index is 0.0776. The number of nitrogens with two attached hydrogens (primary N) is 1. The van der Waals surface area contributed by atoms with Crippen molar-refractivity contribution in [2.45, 2.75) is 37.8 Å². The van der Waals surface area contributed by atoms with Gasteiger partial charge in [0.2, 0.25) is 0 Å². The molecule has 1 atom stereocenters. The van der Waals surface area contributed by atoms with Crippen LogP contribution in [0.5, 0.6) is 0 Å². The zero-order chi connectivity index (χ0) is 15.2. The number of rotatable bonds is 7. The Morgan fingerprint density at radius 2 is 2.00 bits per heavy atom. The van der Waals surface area contributed by atoms with Crippen molar-refractivity contribution in [3.05, 3.63) is 40.9 Å². The van der Waals surface area contributed by atoms with Crippen molar-refractivity contribution in [3.8, 4) is 0 Å². The first-order valence-corrected chi connectivity index (χ1v) is 8.83.